The largest absolute Gasteiger partial charge is 0.204 e. The molecule has 8 aromatic rings. The maximum Gasteiger partial charge on any atom is 0.194 e. The van der Waals surface area contributed by atoms with Crippen molar-refractivity contribution in [2.45, 2.75) is 91.9 Å². The number of halogens is 12. The molecule has 388 valence electrons. The molecule has 0 saturated heterocycles. The lowest BCUT2D eigenvalue weighted by Gasteiger charge is -2.06. The zero-order valence-electron chi connectivity index (χ0n) is 41.5. The van der Waals surface area contributed by atoms with Crippen molar-refractivity contribution in [3.05, 3.63) is 238 Å². The normalized spacial score (nSPS) is 10.7. The number of rotatable bonds is 14. The summed E-state index contributed by atoms with van der Waals surface area (Å²) in [5.74, 6) is -15.0. The topological polar surface area (TPSA) is 0 Å². The van der Waals surface area contributed by atoms with E-state index in [-0.39, 0.29) is 0 Å². The minimum atomic E-state index is -1.43. The van der Waals surface area contributed by atoms with Gasteiger partial charge in [-0.05, 0) is 154 Å². The van der Waals surface area contributed by atoms with E-state index in [1.807, 2.05) is 67.6 Å². The van der Waals surface area contributed by atoms with Crippen molar-refractivity contribution >= 4 is 0 Å². The first-order valence-corrected chi connectivity index (χ1v) is 24.4. The van der Waals surface area contributed by atoms with E-state index in [0.29, 0.717) is 44.5 Å². The minimum Gasteiger partial charge on any atom is -0.204 e. The lowest BCUT2D eigenvalue weighted by molar-refractivity contribution is 0.447. The second-order valence-electron chi connectivity index (χ2n) is 17.5. The molecule has 0 bridgehead atoms. The predicted molar refractivity (Wildman–Crippen MR) is 272 cm³/mol. The third-order valence-electron chi connectivity index (χ3n) is 11.9. The SMILES string of the molecule is CCCCCc1ccc(-c2cc(F)c(F)c(F)c2)cc1.CCCCc1ccc(-c2cc(F)c(F)c(F)c2)cc1.CCCc1ccc(-c2cc(F)c(F)c(F)c2)cc1.CCc1ccc(-c2cc(F)c(F)c(F)c2)cc1. The van der Waals surface area contributed by atoms with Crippen molar-refractivity contribution in [3.63, 3.8) is 0 Å². The Morgan fingerprint density at radius 1 is 0.230 bits per heavy atom. The molecule has 0 fully saturated rings. The van der Waals surface area contributed by atoms with Gasteiger partial charge in [0.05, 0.1) is 0 Å². The number of hydrogen-bond acceptors (Lipinski definition) is 0. The quantitative estimate of drug-likeness (QED) is 0.0578. The van der Waals surface area contributed by atoms with E-state index in [1.165, 1.54) is 29.5 Å². The van der Waals surface area contributed by atoms with Crippen LogP contribution in [0.4, 0.5) is 52.7 Å². The summed E-state index contributed by atoms with van der Waals surface area (Å²) in [4.78, 5) is 0. The molecule has 12 heteroatoms. The number of aryl methyl sites for hydroxylation is 4. The van der Waals surface area contributed by atoms with Gasteiger partial charge in [-0.25, -0.2) is 52.7 Å². The van der Waals surface area contributed by atoms with Gasteiger partial charge in [0, 0.05) is 0 Å². The van der Waals surface area contributed by atoms with Crippen molar-refractivity contribution in [3.8, 4) is 44.5 Å². The first-order valence-electron chi connectivity index (χ1n) is 24.4. The van der Waals surface area contributed by atoms with Crippen molar-refractivity contribution < 1.29 is 52.7 Å². The van der Waals surface area contributed by atoms with Crippen molar-refractivity contribution in [1.82, 2.24) is 0 Å². The first kappa shape index (κ1) is 57.8. The van der Waals surface area contributed by atoms with Crippen LogP contribution in [0.5, 0.6) is 0 Å². The zero-order chi connectivity index (χ0) is 53.9. The fourth-order valence-electron chi connectivity index (χ4n) is 7.66. The Kier molecular flexibility index (Phi) is 22.2. The van der Waals surface area contributed by atoms with Crippen LogP contribution in [0.1, 0.15) is 88.5 Å². The molecule has 0 N–H and O–H groups in total. The molecule has 0 aliphatic carbocycles. The zero-order valence-corrected chi connectivity index (χ0v) is 41.5. The average Bonchev–Trinajstić information content (AvgIpc) is 3.40. The highest BCUT2D eigenvalue weighted by Gasteiger charge is 2.15. The molecule has 8 rings (SSSR count). The van der Waals surface area contributed by atoms with Crippen molar-refractivity contribution in [1.29, 1.82) is 0 Å². The molecule has 0 unspecified atom stereocenters. The summed E-state index contributed by atoms with van der Waals surface area (Å²) in [7, 11) is 0. The molecule has 0 spiro atoms. The first-order chi connectivity index (χ1) is 35.5. The van der Waals surface area contributed by atoms with Crippen LogP contribution in [-0.4, -0.2) is 0 Å². The molecule has 0 saturated carbocycles. The van der Waals surface area contributed by atoms with E-state index in [2.05, 4.69) is 20.8 Å². The van der Waals surface area contributed by atoms with Crippen LogP contribution in [0.2, 0.25) is 0 Å². The van der Waals surface area contributed by atoms with Crippen LogP contribution in [-0.2, 0) is 25.7 Å². The Hall–Kier alpha value is -7.08. The van der Waals surface area contributed by atoms with Gasteiger partial charge in [0.25, 0.3) is 0 Å². The Morgan fingerprint density at radius 2 is 0.459 bits per heavy atom. The van der Waals surface area contributed by atoms with Crippen molar-refractivity contribution in [2.75, 3.05) is 0 Å². The van der Waals surface area contributed by atoms with Crippen LogP contribution in [0.25, 0.3) is 44.5 Å². The van der Waals surface area contributed by atoms with Crippen LogP contribution in [0, 0.1) is 69.8 Å². The summed E-state index contributed by atoms with van der Waals surface area (Å²) in [5.41, 5.74) is 8.77. The van der Waals surface area contributed by atoms with Gasteiger partial charge in [-0.3, -0.25) is 0 Å². The van der Waals surface area contributed by atoms with Gasteiger partial charge in [-0.15, -0.1) is 0 Å². The standard InChI is InChI=1S/C17H17F3.C16H15F3.C15H13F3.C14H11F3/c1-2-3-4-5-12-6-8-13(9-7-12)14-10-15(18)17(20)16(19)11-14;1-2-3-4-11-5-7-12(8-6-11)13-9-14(17)16(19)15(18)10-13;1-2-3-10-4-6-11(7-5-10)12-8-13(16)15(18)14(17)9-12;1-2-9-3-5-10(6-4-9)11-7-12(15)14(17)13(16)8-11/h6-11H,2-5H2,1H3;5-10H,2-4H2,1H3;4-9H,2-3H2,1H3;3-8H,2H2,1H3. The van der Waals surface area contributed by atoms with Crippen LogP contribution < -0.4 is 0 Å². The molecule has 0 aromatic heterocycles. The van der Waals surface area contributed by atoms with Gasteiger partial charge in [-0.1, -0.05) is 150 Å². The lowest BCUT2D eigenvalue weighted by Crippen LogP contribution is -1.92. The molecule has 0 aliphatic rings. The Balaban J connectivity index is 0.000000183. The summed E-state index contributed by atoms with van der Waals surface area (Å²) in [6, 6.07) is 37.8. The Morgan fingerprint density at radius 3 is 0.689 bits per heavy atom. The smallest absolute Gasteiger partial charge is 0.194 e. The van der Waals surface area contributed by atoms with Gasteiger partial charge in [-0.2, -0.15) is 0 Å². The third-order valence-corrected chi connectivity index (χ3v) is 11.9. The molecule has 0 aliphatic heterocycles. The molecule has 0 nitrogen and oxygen atoms in total. The molecule has 0 heterocycles. The fraction of sp³-hybridized carbons (Fsp3) is 0.226. The summed E-state index contributed by atoms with van der Waals surface area (Å²) in [6.45, 7) is 8.38. The highest BCUT2D eigenvalue weighted by Crippen LogP contribution is 2.28. The highest BCUT2D eigenvalue weighted by atomic mass is 19.2. The maximum absolute atomic E-state index is 13.2. The molecule has 0 radical (unpaired) electrons. The summed E-state index contributed by atoms with van der Waals surface area (Å²) in [6.07, 6.45) is 10.6. The fourth-order valence-corrected chi connectivity index (χ4v) is 7.66. The maximum atomic E-state index is 13.2. The third kappa shape index (κ3) is 16.5. The Labute approximate surface area is 425 Å². The monoisotopic (exact) mass is 1030 g/mol. The van der Waals surface area contributed by atoms with Gasteiger partial charge in [0.15, 0.2) is 69.8 Å². The van der Waals surface area contributed by atoms with Crippen LogP contribution >= 0.6 is 0 Å². The minimum absolute atomic E-state index is 0.337. The van der Waals surface area contributed by atoms with Crippen LogP contribution in [0.3, 0.4) is 0 Å². The molecule has 0 atom stereocenters. The molecule has 74 heavy (non-hydrogen) atoms. The van der Waals surface area contributed by atoms with E-state index in [1.54, 1.807) is 36.4 Å². The predicted octanol–water partition coefficient (Wildman–Crippen LogP) is 19.7. The summed E-state index contributed by atoms with van der Waals surface area (Å²) < 4.78 is 156. The van der Waals surface area contributed by atoms with Gasteiger partial charge < -0.3 is 0 Å². The second-order valence-corrected chi connectivity index (χ2v) is 17.5. The molecule has 0 amide bonds. The van der Waals surface area contributed by atoms with Gasteiger partial charge in [0.1, 0.15) is 0 Å². The van der Waals surface area contributed by atoms with Crippen LogP contribution in [0.15, 0.2) is 146 Å². The number of unbranched alkanes of at least 4 members (excludes halogenated alkanes) is 3. The molecular formula is C62H56F12. The molecular weight excluding hydrogens is 973 g/mol. The second kappa shape index (κ2) is 28.4. The van der Waals surface area contributed by atoms with Gasteiger partial charge >= 0.3 is 0 Å². The number of benzene rings is 8. The van der Waals surface area contributed by atoms with E-state index >= 15 is 0 Å². The number of hydrogen-bond donors (Lipinski definition) is 0. The average molecular weight is 1030 g/mol. The van der Waals surface area contributed by atoms with E-state index in [0.717, 1.165) is 105 Å². The van der Waals surface area contributed by atoms with E-state index < -0.39 is 69.8 Å². The van der Waals surface area contributed by atoms with E-state index in [4.69, 9.17) is 0 Å². The lowest BCUT2D eigenvalue weighted by atomic mass is 10.0. The Bertz CT molecular complexity index is 2950. The highest BCUT2D eigenvalue weighted by molar-refractivity contribution is 5.66. The summed E-state index contributed by atoms with van der Waals surface area (Å²) >= 11 is 0. The van der Waals surface area contributed by atoms with Crippen molar-refractivity contribution in [2.24, 2.45) is 0 Å². The summed E-state index contributed by atoms with van der Waals surface area (Å²) in [5, 5.41) is 0. The van der Waals surface area contributed by atoms with Gasteiger partial charge in [0.2, 0.25) is 0 Å². The molecule has 8 aromatic carbocycles. The van der Waals surface area contributed by atoms with E-state index in [9.17, 15) is 52.7 Å².